The van der Waals surface area contributed by atoms with Gasteiger partial charge in [0.1, 0.15) is 5.58 Å². The SMILES string of the molecule is Cc1cc(C)cc(N(c2ccc3cc4c(cc3c2)-c2cc3ccc(-c5ccc(C(C)(C)C)cc5)cc3cc2-4)c2cccc3c2oc2c(C(C)(C)C)cccc23)c1. The average molecular weight is 726 g/mol. The second kappa shape index (κ2) is 12.2. The molecule has 0 aliphatic heterocycles. The van der Waals surface area contributed by atoms with Crippen molar-refractivity contribution in [1.29, 1.82) is 0 Å². The number of hydrogen-bond donors (Lipinski definition) is 0. The summed E-state index contributed by atoms with van der Waals surface area (Å²) in [4.78, 5) is 2.38. The maximum atomic E-state index is 6.94. The second-order valence-corrected chi connectivity index (χ2v) is 18.1. The molecule has 0 atom stereocenters. The molecule has 0 unspecified atom stereocenters. The number of rotatable bonds is 4. The van der Waals surface area contributed by atoms with Crippen LogP contribution in [0, 0.1) is 13.8 Å². The Bertz CT molecular complexity index is 3030. The number of hydrogen-bond acceptors (Lipinski definition) is 2. The smallest absolute Gasteiger partial charge is 0.159 e. The van der Waals surface area contributed by atoms with Gasteiger partial charge < -0.3 is 9.32 Å². The second-order valence-electron chi connectivity index (χ2n) is 18.1. The van der Waals surface area contributed by atoms with Gasteiger partial charge in [0.25, 0.3) is 0 Å². The summed E-state index contributed by atoms with van der Waals surface area (Å²) in [6.07, 6.45) is 0. The molecule has 1 aliphatic rings. The van der Waals surface area contributed by atoms with Crippen LogP contribution in [0.15, 0.2) is 144 Å². The van der Waals surface area contributed by atoms with E-state index in [0.717, 1.165) is 39.0 Å². The lowest BCUT2D eigenvalue weighted by Crippen LogP contribution is -2.11. The zero-order valence-corrected chi connectivity index (χ0v) is 33.6. The Morgan fingerprint density at radius 2 is 0.982 bits per heavy atom. The summed E-state index contributed by atoms with van der Waals surface area (Å²) in [5.74, 6) is 0. The van der Waals surface area contributed by atoms with Crippen molar-refractivity contribution in [1.82, 2.24) is 0 Å². The third-order valence-electron chi connectivity index (χ3n) is 11.9. The normalized spacial score (nSPS) is 12.6. The molecule has 1 aliphatic carbocycles. The maximum absolute atomic E-state index is 6.94. The van der Waals surface area contributed by atoms with Gasteiger partial charge in [-0.05, 0) is 157 Å². The van der Waals surface area contributed by atoms with Crippen molar-refractivity contribution < 1.29 is 4.42 Å². The number of fused-ring (bicyclic) bond motifs is 9. The molecule has 0 radical (unpaired) electrons. The number of anilines is 3. The summed E-state index contributed by atoms with van der Waals surface area (Å²) in [5, 5.41) is 7.30. The van der Waals surface area contributed by atoms with Crippen LogP contribution in [0.1, 0.15) is 63.8 Å². The molecular formula is C54H47NO. The minimum atomic E-state index is -0.0481. The Morgan fingerprint density at radius 3 is 1.61 bits per heavy atom. The Hall–Kier alpha value is -6.12. The highest BCUT2D eigenvalue weighted by molar-refractivity contribution is 6.14. The number of benzene rings is 8. The summed E-state index contributed by atoms with van der Waals surface area (Å²) in [5.41, 5.74) is 18.1. The van der Waals surface area contributed by atoms with E-state index in [1.54, 1.807) is 0 Å². The van der Waals surface area contributed by atoms with Gasteiger partial charge in [-0.3, -0.25) is 0 Å². The van der Waals surface area contributed by atoms with Crippen LogP contribution >= 0.6 is 0 Å². The van der Waals surface area contributed by atoms with Crippen molar-refractivity contribution in [3.8, 4) is 33.4 Å². The fourth-order valence-corrected chi connectivity index (χ4v) is 8.97. The van der Waals surface area contributed by atoms with Crippen LogP contribution in [-0.4, -0.2) is 0 Å². The lowest BCUT2D eigenvalue weighted by atomic mass is 9.77. The zero-order valence-electron chi connectivity index (χ0n) is 33.6. The van der Waals surface area contributed by atoms with Crippen molar-refractivity contribution >= 4 is 60.5 Å². The topological polar surface area (TPSA) is 16.4 Å². The van der Waals surface area contributed by atoms with Gasteiger partial charge in [-0.1, -0.05) is 120 Å². The molecular weight excluding hydrogens is 679 g/mol. The molecule has 0 amide bonds. The van der Waals surface area contributed by atoms with Crippen LogP contribution < -0.4 is 4.90 Å². The van der Waals surface area contributed by atoms with E-state index in [4.69, 9.17) is 4.42 Å². The monoisotopic (exact) mass is 725 g/mol. The maximum Gasteiger partial charge on any atom is 0.159 e. The van der Waals surface area contributed by atoms with Gasteiger partial charge in [0, 0.05) is 27.7 Å². The fraction of sp³-hybridized carbons (Fsp3) is 0.185. The third-order valence-corrected chi connectivity index (χ3v) is 11.9. The van der Waals surface area contributed by atoms with Gasteiger partial charge in [0.2, 0.25) is 0 Å². The predicted molar refractivity (Wildman–Crippen MR) is 240 cm³/mol. The zero-order chi connectivity index (χ0) is 38.7. The molecule has 1 heterocycles. The predicted octanol–water partition coefficient (Wildman–Crippen LogP) is 15.9. The average Bonchev–Trinajstić information content (AvgIpc) is 3.55. The summed E-state index contributed by atoms with van der Waals surface area (Å²) >= 11 is 0. The summed E-state index contributed by atoms with van der Waals surface area (Å²) in [6.45, 7) is 17.9. The van der Waals surface area contributed by atoms with Gasteiger partial charge in [0.05, 0.1) is 5.69 Å². The number of aryl methyl sites for hydroxylation is 2. The molecule has 0 saturated heterocycles. The van der Waals surface area contributed by atoms with E-state index in [0.29, 0.717) is 0 Å². The highest BCUT2D eigenvalue weighted by Crippen LogP contribution is 2.51. The molecule has 0 fully saturated rings. The lowest BCUT2D eigenvalue weighted by molar-refractivity contribution is 0.573. The lowest BCUT2D eigenvalue weighted by Gasteiger charge is -2.28. The fourth-order valence-electron chi connectivity index (χ4n) is 8.97. The highest BCUT2D eigenvalue weighted by atomic mass is 16.3. The van der Waals surface area contributed by atoms with Gasteiger partial charge in [-0.25, -0.2) is 0 Å². The van der Waals surface area contributed by atoms with E-state index in [9.17, 15) is 0 Å². The van der Waals surface area contributed by atoms with E-state index in [1.165, 1.54) is 77.2 Å². The van der Waals surface area contributed by atoms with Crippen LogP contribution in [0.3, 0.4) is 0 Å². The molecule has 0 bridgehead atoms. The highest BCUT2D eigenvalue weighted by Gasteiger charge is 2.26. The molecule has 56 heavy (non-hydrogen) atoms. The van der Waals surface area contributed by atoms with E-state index in [1.807, 2.05) is 0 Å². The third kappa shape index (κ3) is 5.54. The molecule has 10 rings (SSSR count). The van der Waals surface area contributed by atoms with Crippen LogP contribution in [0.2, 0.25) is 0 Å². The van der Waals surface area contributed by atoms with E-state index >= 15 is 0 Å². The molecule has 0 saturated carbocycles. The first-order valence-electron chi connectivity index (χ1n) is 19.9. The molecule has 2 nitrogen and oxygen atoms in total. The minimum Gasteiger partial charge on any atom is -0.454 e. The van der Waals surface area contributed by atoms with Gasteiger partial charge in [-0.2, -0.15) is 0 Å². The van der Waals surface area contributed by atoms with Gasteiger partial charge in [-0.15, -0.1) is 0 Å². The number of furan rings is 1. The summed E-state index contributed by atoms with van der Waals surface area (Å²) in [7, 11) is 0. The van der Waals surface area contributed by atoms with Crippen molar-refractivity contribution in [3.05, 3.63) is 162 Å². The quantitative estimate of drug-likeness (QED) is 0.180. The molecule has 2 heteroatoms. The van der Waals surface area contributed by atoms with E-state index in [-0.39, 0.29) is 10.8 Å². The first-order chi connectivity index (χ1) is 26.8. The molecule has 8 aromatic carbocycles. The standard InChI is InChI=1S/C54H47NO/c1-32-23-33(2)25-42(24-32)55(50-14-10-12-44-43-11-9-13-49(54(6,7)8)51(43)56-52(44)50)41-22-19-37-29-46-47-30-38-26-35(34-17-20-40(21-18-34)53(3,4)5)15-16-36(38)28-45(47)48(46)31-39(37)27-41/h9-31H,1-8H3. The van der Waals surface area contributed by atoms with Crippen LogP contribution in [-0.2, 0) is 10.8 Å². The van der Waals surface area contributed by atoms with E-state index in [2.05, 4.69) is 200 Å². The Kier molecular flexibility index (Phi) is 7.48. The Balaban J connectivity index is 1.08. The summed E-state index contributed by atoms with van der Waals surface area (Å²) in [6, 6.07) is 52.4. The van der Waals surface area contributed by atoms with Crippen LogP contribution in [0.5, 0.6) is 0 Å². The summed E-state index contributed by atoms with van der Waals surface area (Å²) < 4.78 is 6.94. The minimum absolute atomic E-state index is 0.0481. The molecule has 0 spiro atoms. The largest absolute Gasteiger partial charge is 0.454 e. The Labute approximate surface area is 330 Å². The molecule has 274 valence electrons. The molecule has 0 N–H and O–H groups in total. The van der Waals surface area contributed by atoms with Crippen molar-refractivity contribution in [2.24, 2.45) is 0 Å². The molecule has 9 aromatic rings. The Morgan fingerprint density at radius 1 is 0.429 bits per heavy atom. The molecule has 1 aromatic heterocycles. The van der Waals surface area contributed by atoms with Crippen molar-refractivity contribution in [2.45, 2.75) is 66.2 Å². The van der Waals surface area contributed by atoms with Crippen LogP contribution in [0.25, 0.3) is 76.9 Å². The first kappa shape index (κ1) is 34.4. The van der Waals surface area contributed by atoms with Crippen molar-refractivity contribution in [2.75, 3.05) is 4.90 Å². The van der Waals surface area contributed by atoms with E-state index < -0.39 is 0 Å². The van der Waals surface area contributed by atoms with Gasteiger partial charge in [0.15, 0.2) is 5.58 Å². The van der Waals surface area contributed by atoms with Crippen LogP contribution in [0.4, 0.5) is 17.1 Å². The van der Waals surface area contributed by atoms with Gasteiger partial charge >= 0.3 is 0 Å². The number of para-hydroxylation sites is 2. The first-order valence-corrected chi connectivity index (χ1v) is 19.9. The number of nitrogens with zero attached hydrogens (tertiary/aromatic N) is 1. The van der Waals surface area contributed by atoms with Crippen molar-refractivity contribution in [3.63, 3.8) is 0 Å².